The Bertz CT molecular complexity index is 580. The Morgan fingerprint density at radius 3 is 2.83 bits per heavy atom. The maximum atomic E-state index is 11.1. The highest BCUT2D eigenvalue weighted by Crippen LogP contribution is 2.23. The average molecular weight is 326 g/mol. The van der Waals surface area contributed by atoms with Gasteiger partial charge in [-0.05, 0) is 46.6 Å². The molecule has 5 heteroatoms. The van der Waals surface area contributed by atoms with Crippen molar-refractivity contribution in [2.45, 2.75) is 13.5 Å². The number of halogens is 1. The van der Waals surface area contributed by atoms with Gasteiger partial charge >= 0.3 is 5.97 Å². The van der Waals surface area contributed by atoms with Crippen LogP contribution in [0.25, 0.3) is 0 Å². The Labute approximate surface area is 118 Å². The second-order valence-electron chi connectivity index (χ2n) is 3.94. The van der Waals surface area contributed by atoms with E-state index in [2.05, 4.69) is 21.2 Å². The normalized spacial score (nSPS) is 10.3. The Kier molecular flexibility index (Phi) is 4.04. The number of nitrogens with one attached hydrogen (secondary N) is 1. The first-order chi connectivity index (χ1) is 8.56. The molecule has 0 aliphatic heterocycles. The molecule has 0 radical (unpaired) electrons. The van der Waals surface area contributed by atoms with Gasteiger partial charge in [0.25, 0.3) is 0 Å². The molecule has 2 N–H and O–H groups in total. The molecule has 0 unspecified atom stereocenters. The van der Waals surface area contributed by atoms with Crippen molar-refractivity contribution in [1.82, 2.24) is 0 Å². The standard InChI is InChI=1S/C13H12BrNO2S/c1-8-2-3-11(13(16)17)12(4-8)15-6-10-5-9(14)7-18-10/h2-5,7,15H,6H2,1H3,(H,16,17). The van der Waals surface area contributed by atoms with Gasteiger partial charge in [-0.15, -0.1) is 11.3 Å². The molecule has 2 aromatic rings. The molecule has 0 atom stereocenters. The molecule has 0 saturated carbocycles. The third-order valence-electron chi connectivity index (χ3n) is 2.48. The number of carbonyl (C=O) groups is 1. The van der Waals surface area contributed by atoms with Gasteiger partial charge in [-0.1, -0.05) is 6.07 Å². The van der Waals surface area contributed by atoms with Crippen molar-refractivity contribution in [3.8, 4) is 0 Å². The Hall–Kier alpha value is -1.33. The van der Waals surface area contributed by atoms with E-state index in [0.29, 0.717) is 17.8 Å². The highest BCUT2D eigenvalue weighted by Gasteiger charge is 2.09. The molecule has 3 nitrogen and oxygen atoms in total. The molecule has 18 heavy (non-hydrogen) atoms. The zero-order valence-corrected chi connectivity index (χ0v) is 12.1. The first kappa shape index (κ1) is 13.1. The van der Waals surface area contributed by atoms with Gasteiger partial charge in [0.2, 0.25) is 0 Å². The first-order valence-electron chi connectivity index (χ1n) is 5.37. The number of hydrogen-bond donors (Lipinski definition) is 2. The molecular formula is C13H12BrNO2S. The van der Waals surface area contributed by atoms with E-state index in [9.17, 15) is 4.79 Å². The smallest absolute Gasteiger partial charge is 0.337 e. The molecule has 0 bridgehead atoms. The molecule has 1 aromatic carbocycles. The molecule has 0 fully saturated rings. The molecule has 1 heterocycles. The van der Waals surface area contributed by atoms with Gasteiger partial charge in [-0.25, -0.2) is 4.79 Å². The molecule has 0 amide bonds. The summed E-state index contributed by atoms with van der Waals surface area (Å²) in [6.45, 7) is 2.57. The summed E-state index contributed by atoms with van der Waals surface area (Å²) in [6.07, 6.45) is 0. The van der Waals surface area contributed by atoms with Crippen LogP contribution in [0.15, 0.2) is 34.1 Å². The zero-order valence-electron chi connectivity index (χ0n) is 9.74. The van der Waals surface area contributed by atoms with Crippen molar-refractivity contribution < 1.29 is 9.90 Å². The molecule has 0 spiro atoms. The molecule has 1 aromatic heterocycles. The average Bonchev–Trinajstić information content (AvgIpc) is 2.72. The summed E-state index contributed by atoms with van der Waals surface area (Å²) in [4.78, 5) is 12.3. The summed E-state index contributed by atoms with van der Waals surface area (Å²) in [7, 11) is 0. The lowest BCUT2D eigenvalue weighted by molar-refractivity contribution is 0.0698. The minimum absolute atomic E-state index is 0.302. The van der Waals surface area contributed by atoms with Crippen LogP contribution >= 0.6 is 27.3 Å². The lowest BCUT2D eigenvalue weighted by atomic mass is 10.1. The van der Waals surface area contributed by atoms with Crippen LogP contribution in [0.3, 0.4) is 0 Å². The van der Waals surface area contributed by atoms with Gasteiger partial charge in [-0.3, -0.25) is 0 Å². The van der Waals surface area contributed by atoms with Crippen LogP contribution in [0.1, 0.15) is 20.8 Å². The minimum Gasteiger partial charge on any atom is -0.478 e. The van der Waals surface area contributed by atoms with Crippen LogP contribution in [-0.2, 0) is 6.54 Å². The Morgan fingerprint density at radius 2 is 2.22 bits per heavy atom. The van der Waals surface area contributed by atoms with Gasteiger partial charge in [0.1, 0.15) is 0 Å². The summed E-state index contributed by atoms with van der Waals surface area (Å²) in [6, 6.07) is 7.31. The minimum atomic E-state index is -0.912. The predicted molar refractivity (Wildman–Crippen MR) is 77.5 cm³/mol. The second kappa shape index (κ2) is 5.54. The predicted octanol–water partition coefficient (Wildman–Crippen LogP) is 4.13. The Morgan fingerprint density at radius 1 is 1.44 bits per heavy atom. The van der Waals surface area contributed by atoms with E-state index >= 15 is 0 Å². The fraction of sp³-hybridized carbons (Fsp3) is 0.154. The zero-order chi connectivity index (χ0) is 13.1. The highest BCUT2D eigenvalue weighted by molar-refractivity contribution is 9.10. The SMILES string of the molecule is Cc1ccc(C(=O)O)c(NCc2cc(Br)cs2)c1. The number of carboxylic acid groups (broad SMARTS) is 1. The van der Waals surface area contributed by atoms with E-state index in [0.717, 1.165) is 14.9 Å². The first-order valence-corrected chi connectivity index (χ1v) is 7.04. The molecular weight excluding hydrogens is 314 g/mol. The number of carboxylic acids is 1. The molecule has 94 valence electrons. The van der Waals surface area contributed by atoms with E-state index in [4.69, 9.17) is 5.11 Å². The van der Waals surface area contributed by atoms with E-state index in [1.807, 2.05) is 24.4 Å². The van der Waals surface area contributed by atoms with Crippen molar-refractivity contribution in [2.24, 2.45) is 0 Å². The summed E-state index contributed by atoms with van der Waals surface area (Å²) in [5, 5.41) is 14.3. The number of hydrogen-bond acceptors (Lipinski definition) is 3. The summed E-state index contributed by atoms with van der Waals surface area (Å²) < 4.78 is 1.05. The molecule has 0 saturated heterocycles. The highest BCUT2D eigenvalue weighted by atomic mass is 79.9. The van der Waals surface area contributed by atoms with Crippen LogP contribution in [0, 0.1) is 6.92 Å². The number of benzene rings is 1. The second-order valence-corrected chi connectivity index (χ2v) is 5.85. The third-order valence-corrected chi connectivity index (χ3v) is 4.18. The third kappa shape index (κ3) is 3.11. The maximum Gasteiger partial charge on any atom is 0.337 e. The lowest BCUT2D eigenvalue weighted by Gasteiger charge is -2.09. The Balaban J connectivity index is 2.17. The number of rotatable bonds is 4. The van der Waals surface area contributed by atoms with Crippen molar-refractivity contribution in [1.29, 1.82) is 0 Å². The van der Waals surface area contributed by atoms with E-state index in [1.54, 1.807) is 23.5 Å². The van der Waals surface area contributed by atoms with Gasteiger partial charge in [0.15, 0.2) is 0 Å². The molecule has 0 aliphatic carbocycles. The monoisotopic (exact) mass is 325 g/mol. The van der Waals surface area contributed by atoms with Gasteiger partial charge < -0.3 is 10.4 Å². The number of anilines is 1. The number of aromatic carboxylic acids is 1. The summed E-state index contributed by atoms with van der Waals surface area (Å²) in [5.74, 6) is -0.912. The van der Waals surface area contributed by atoms with Crippen LogP contribution < -0.4 is 5.32 Å². The van der Waals surface area contributed by atoms with E-state index < -0.39 is 5.97 Å². The van der Waals surface area contributed by atoms with Crippen LogP contribution in [0.4, 0.5) is 5.69 Å². The fourth-order valence-electron chi connectivity index (χ4n) is 1.62. The van der Waals surface area contributed by atoms with E-state index in [-0.39, 0.29) is 0 Å². The molecule has 0 aliphatic rings. The van der Waals surface area contributed by atoms with Crippen molar-refractivity contribution >= 4 is 38.9 Å². The van der Waals surface area contributed by atoms with Crippen molar-refractivity contribution in [3.63, 3.8) is 0 Å². The lowest BCUT2D eigenvalue weighted by Crippen LogP contribution is -2.06. The van der Waals surface area contributed by atoms with Gasteiger partial charge in [0, 0.05) is 27.0 Å². The topological polar surface area (TPSA) is 49.3 Å². The fourth-order valence-corrected chi connectivity index (χ4v) is 3.01. The van der Waals surface area contributed by atoms with Crippen molar-refractivity contribution in [3.05, 3.63) is 50.1 Å². The number of thiophene rings is 1. The molecule has 2 rings (SSSR count). The van der Waals surface area contributed by atoms with Gasteiger partial charge in [0.05, 0.1) is 5.56 Å². The van der Waals surface area contributed by atoms with E-state index in [1.165, 1.54) is 0 Å². The largest absolute Gasteiger partial charge is 0.478 e. The van der Waals surface area contributed by atoms with Crippen LogP contribution in [-0.4, -0.2) is 11.1 Å². The maximum absolute atomic E-state index is 11.1. The van der Waals surface area contributed by atoms with Gasteiger partial charge in [-0.2, -0.15) is 0 Å². The summed E-state index contributed by atoms with van der Waals surface area (Å²) >= 11 is 5.03. The number of aryl methyl sites for hydroxylation is 1. The summed E-state index contributed by atoms with van der Waals surface area (Å²) in [5.41, 5.74) is 2.00. The van der Waals surface area contributed by atoms with Crippen LogP contribution in [0.5, 0.6) is 0 Å². The quantitative estimate of drug-likeness (QED) is 0.888. The van der Waals surface area contributed by atoms with Crippen LogP contribution in [0.2, 0.25) is 0 Å². The van der Waals surface area contributed by atoms with Crippen molar-refractivity contribution in [2.75, 3.05) is 5.32 Å².